The van der Waals surface area contributed by atoms with Gasteiger partial charge in [0.2, 0.25) is 0 Å². The first-order valence-corrected chi connectivity index (χ1v) is 27.6. The number of aromatic nitrogens is 1. The van der Waals surface area contributed by atoms with Crippen molar-refractivity contribution in [2.24, 2.45) is 5.41 Å². The topological polar surface area (TPSA) is 23.4 Å². The maximum Gasteiger partial charge on any atom is 0.199 e. The third-order valence-corrected chi connectivity index (χ3v) is 22.6. The molecule has 314 valence electrons. The molecule has 1 fully saturated rings. The molecule has 1 atom stereocenters. The summed E-state index contributed by atoms with van der Waals surface area (Å²) in [4.78, 5) is 0. The van der Waals surface area contributed by atoms with Crippen LogP contribution < -0.4 is 35.9 Å². The molecule has 0 bridgehead atoms. The van der Waals surface area contributed by atoms with Crippen molar-refractivity contribution in [2.75, 3.05) is 6.61 Å². The van der Waals surface area contributed by atoms with Crippen LogP contribution >= 0.6 is 0 Å². The summed E-state index contributed by atoms with van der Waals surface area (Å²) in [6.07, 6.45) is 3.82. The largest absolute Gasteiger partial charge is 0.463 e. The Balaban J connectivity index is 1.37. The van der Waals surface area contributed by atoms with Gasteiger partial charge in [0.25, 0.3) is 0 Å². The van der Waals surface area contributed by atoms with Crippen molar-refractivity contribution in [3.63, 3.8) is 0 Å². The van der Waals surface area contributed by atoms with E-state index in [2.05, 4.69) is 228 Å². The van der Waals surface area contributed by atoms with Crippen molar-refractivity contribution in [1.82, 2.24) is 4.57 Å². The Kier molecular flexibility index (Phi) is 11.3. The molecule has 0 saturated carbocycles. The van der Waals surface area contributed by atoms with E-state index in [4.69, 9.17) is 9.47 Å². The van der Waals surface area contributed by atoms with Crippen molar-refractivity contribution < 1.29 is 9.47 Å². The van der Waals surface area contributed by atoms with E-state index in [1.54, 1.807) is 0 Å². The van der Waals surface area contributed by atoms with Crippen molar-refractivity contribution in [2.45, 2.75) is 85.1 Å². The van der Waals surface area contributed by atoms with E-state index < -0.39 is 16.1 Å². The van der Waals surface area contributed by atoms with E-state index >= 15 is 0 Å². The molecule has 62 heavy (non-hydrogen) atoms. The van der Waals surface area contributed by atoms with Crippen LogP contribution in [0.5, 0.6) is 5.75 Å². The highest BCUT2D eigenvalue weighted by Gasteiger charge is 2.37. The number of rotatable bonds is 11. The predicted octanol–water partition coefficient (Wildman–Crippen LogP) is 10.6. The van der Waals surface area contributed by atoms with Crippen LogP contribution in [0, 0.1) is 5.41 Å². The summed E-state index contributed by atoms with van der Waals surface area (Å²) in [5, 5.41) is 10.8. The highest BCUT2D eigenvalue weighted by atomic mass is 28.3. The zero-order chi connectivity index (χ0) is 43.1. The summed E-state index contributed by atoms with van der Waals surface area (Å²) in [5.74, 6) is 0.860. The Hall–Kier alpha value is -5.47. The highest BCUT2D eigenvalue weighted by Crippen LogP contribution is 2.42. The van der Waals surface area contributed by atoms with Gasteiger partial charge in [0.15, 0.2) is 6.29 Å². The minimum atomic E-state index is -2.47. The Morgan fingerprint density at radius 1 is 0.532 bits per heavy atom. The van der Waals surface area contributed by atoms with Crippen LogP contribution in [0.2, 0.25) is 13.1 Å². The van der Waals surface area contributed by atoms with Crippen LogP contribution in [0.3, 0.4) is 0 Å². The minimum absolute atomic E-state index is 0.0832. The van der Waals surface area contributed by atoms with Crippen molar-refractivity contribution in [3.8, 4) is 11.4 Å². The normalized spacial score (nSPS) is 15.2. The lowest BCUT2D eigenvalue weighted by Gasteiger charge is -2.34. The standard InChI is InChI=1S/C57H61NO2Si2/c1-56(2,3)41-57(4,5)42-31-36-54(60-55-30-20-21-37-59-55)53(38-42)58-51-39-47(61(6,43-22-12-8-13-23-43)44-24-14-9-15-25-44)32-34-49(51)50-35-33-48(40-52(50)58)62(7,45-26-16-10-17-27-45)46-28-18-11-19-29-46/h8-19,22-29,31-36,38-40,55H,20-21,30,37,41H2,1-7H3. The maximum absolute atomic E-state index is 7.02. The Bertz CT molecular complexity index is 2580. The quantitative estimate of drug-likeness (QED) is 0.0956. The predicted molar refractivity (Wildman–Crippen MR) is 269 cm³/mol. The zero-order valence-electron chi connectivity index (χ0n) is 37.6. The van der Waals surface area contributed by atoms with Gasteiger partial charge in [0.05, 0.1) is 23.3 Å². The van der Waals surface area contributed by atoms with E-state index in [1.165, 1.54) is 58.5 Å². The van der Waals surface area contributed by atoms with E-state index in [1.807, 2.05) is 0 Å². The molecule has 2 heterocycles. The van der Waals surface area contributed by atoms with Gasteiger partial charge in [0, 0.05) is 17.2 Å². The van der Waals surface area contributed by atoms with Crippen molar-refractivity contribution >= 4 is 69.1 Å². The zero-order valence-corrected chi connectivity index (χ0v) is 39.6. The lowest BCUT2D eigenvalue weighted by molar-refractivity contribution is -0.105. The Morgan fingerprint density at radius 2 is 0.984 bits per heavy atom. The molecule has 8 aromatic rings. The third kappa shape index (κ3) is 7.80. The van der Waals surface area contributed by atoms with E-state index in [0.717, 1.165) is 43.7 Å². The average Bonchev–Trinajstić information content (AvgIpc) is 3.62. The third-order valence-electron chi connectivity index (χ3n) is 13.7. The Labute approximate surface area is 371 Å². The second-order valence-corrected chi connectivity index (χ2v) is 27.7. The smallest absolute Gasteiger partial charge is 0.199 e. The average molecular weight is 848 g/mol. The van der Waals surface area contributed by atoms with Gasteiger partial charge >= 0.3 is 0 Å². The second-order valence-electron chi connectivity index (χ2n) is 19.7. The molecule has 1 unspecified atom stereocenters. The summed E-state index contributed by atoms with van der Waals surface area (Å²) in [6.45, 7) is 17.6. The molecule has 9 rings (SSSR count). The maximum atomic E-state index is 7.02. The number of hydrogen-bond acceptors (Lipinski definition) is 2. The molecular formula is C57H61NO2Si2. The first-order valence-electron chi connectivity index (χ1n) is 22.6. The molecule has 0 spiro atoms. The summed E-state index contributed by atoms with van der Waals surface area (Å²) in [5.41, 5.74) is 4.84. The molecule has 0 radical (unpaired) electrons. The first kappa shape index (κ1) is 41.9. The lowest BCUT2D eigenvalue weighted by atomic mass is 9.72. The van der Waals surface area contributed by atoms with Crippen LogP contribution in [0.1, 0.15) is 65.9 Å². The van der Waals surface area contributed by atoms with Gasteiger partial charge in [-0.2, -0.15) is 0 Å². The fourth-order valence-electron chi connectivity index (χ4n) is 10.6. The fourth-order valence-corrected chi connectivity index (χ4v) is 17.7. The lowest BCUT2D eigenvalue weighted by Crippen LogP contribution is -2.64. The molecule has 1 aliphatic heterocycles. The molecule has 1 aromatic heterocycles. The summed E-state index contributed by atoms with van der Waals surface area (Å²) >= 11 is 0. The molecule has 1 saturated heterocycles. The van der Waals surface area contributed by atoms with Gasteiger partial charge < -0.3 is 14.0 Å². The number of nitrogens with zero attached hydrogens (tertiary/aromatic N) is 1. The molecule has 0 amide bonds. The van der Waals surface area contributed by atoms with Crippen LogP contribution in [-0.4, -0.2) is 33.6 Å². The van der Waals surface area contributed by atoms with Crippen molar-refractivity contribution in [1.29, 1.82) is 0 Å². The number of benzene rings is 7. The van der Waals surface area contributed by atoms with Crippen molar-refractivity contribution in [3.05, 3.63) is 181 Å². The van der Waals surface area contributed by atoms with Gasteiger partial charge in [-0.05, 0) is 91.0 Å². The van der Waals surface area contributed by atoms with Gasteiger partial charge in [0.1, 0.15) is 21.9 Å². The van der Waals surface area contributed by atoms with Crippen LogP contribution in [-0.2, 0) is 10.2 Å². The van der Waals surface area contributed by atoms with Gasteiger partial charge in [-0.25, -0.2) is 0 Å². The number of fused-ring (bicyclic) bond motifs is 3. The van der Waals surface area contributed by atoms with Crippen LogP contribution in [0.25, 0.3) is 27.5 Å². The molecule has 1 aliphatic rings. The molecule has 0 aliphatic carbocycles. The van der Waals surface area contributed by atoms with E-state index in [-0.39, 0.29) is 17.1 Å². The minimum Gasteiger partial charge on any atom is -0.463 e. The van der Waals surface area contributed by atoms with Gasteiger partial charge in [-0.15, -0.1) is 0 Å². The first-order chi connectivity index (χ1) is 29.9. The van der Waals surface area contributed by atoms with Gasteiger partial charge in [-0.1, -0.05) is 199 Å². The SMILES string of the molecule is CC(C)(C)CC(C)(C)c1ccc(OC2CCCCO2)c(-n2c3cc([Si](C)(c4ccccc4)c4ccccc4)ccc3c3ccc([Si](C)(c4ccccc4)c4ccccc4)cc32)c1. The van der Waals surface area contributed by atoms with E-state index in [9.17, 15) is 0 Å². The summed E-state index contributed by atoms with van der Waals surface area (Å²) < 4.78 is 15.9. The Morgan fingerprint density at radius 3 is 1.39 bits per heavy atom. The molecular weight excluding hydrogens is 787 g/mol. The molecule has 5 heteroatoms. The van der Waals surface area contributed by atoms with Gasteiger partial charge in [-0.3, -0.25) is 0 Å². The second kappa shape index (κ2) is 16.7. The summed E-state index contributed by atoms with van der Waals surface area (Å²) in [6, 6.07) is 66.5. The van der Waals surface area contributed by atoms with E-state index in [0.29, 0.717) is 0 Å². The molecule has 3 nitrogen and oxygen atoms in total. The number of ether oxygens (including phenoxy) is 2. The number of hydrogen-bond donors (Lipinski definition) is 0. The molecule has 7 aromatic carbocycles. The summed E-state index contributed by atoms with van der Waals surface area (Å²) in [7, 11) is -4.94. The van der Waals surface area contributed by atoms with Crippen LogP contribution in [0.4, 0.5) is 0 Å². The molecule has 0 N–H and O–H groups in total. The fraction of sp³-hybridized carbons (Fsp3) is 0.263. The van der Waals surface area contributed by atoms with Crippen LogP contribution in [0.15, 0.2) is 176 Å². The highest BCUT2D eigenvalue weighted by molar-refractivity contribution is 7.11. The monoisotopic (exact) mass is 847 g/mol.